The van der Waals surface area contributed by atoms with Crippen molar-refractivity contribution in [2.75, 3.05) is 24.6 Å². The second-order valence-corrected chi connectivity index (χ2v) is 7.46. The molecular formula is C19H28N4O2. The van der Waals surface area contributed by atoms with Crippen molar-refractivity contribution in [1.29, 1.82) is 0 Å². The van der Waals surface area contributed by atoms with E-state index >= 15 is 0 Å². The van der Waals surface area contributed by atoms with Gasteiger partial charge < -0.3 is 9.79 Å². The zero-order valence-electron chi connectivity index (χ0n) is 14.9. The lowest BCUT2D eigenvalue weighted by atomic mass is 9.96. The molecule has 25 heavy (non-hydrogen) atoms. The number of aromatic nitrogens is 2. The minimum Gasteiger partial charge on any atom is -0.355 e. The van der Waals surface area contributed by atoms with Crippen molar-refractivity contribution in [3.8, 4) is 0 Å². The molecule has 0 spiro atoms. The molecule has 0 amide bonds. The lowest BCUT2D eigenvalue weighted by molar-refractivity contribution is -0.225. The number of nitrogens with zero attached hydrogens (tertiary/aromatic N) is 4. The van der Waals surface area contributed by atoms with E-state index in [9.17, 15) is 0 Å². The summed E-state index contributed by atoms with van der Waals surface area (Å²) in [4.78, 5) is 27.5. The summed E-state index contributed by atoms with van der Waals surface area (Å²) in [6.07, 6.45) is 14.4. The van der Waals surface area contributed by atoms with Crippen LogP contribution >= 0.6 is 0 Å². The highest BCUT2D eigenvalue weighted by molar-refractivity contribution is 5.96. The smallest absolute Gasteiger partial charge is 0.281 e. The van der Waals surface area contributed by atoms with Crippen LogP contribution in [0.5, 0.6) is 0 Å². The molecule has 0 N–H and O–H groups in total. The fourth-order valence-corrected chi connectivity index (χ4v) is 3.61. The summed E-state index contributed by atoms with van der Waals surface area (Å²) in [5.74, 6) is 2.04. The van der Waals surface area contributed by atoms with E-state index in [0.717, 1.165) is 37.4 Å². The Labute approximate surface area is 149 Å². The topological polar surface area (TPSA) is 59.8 Å². The maximum atomic E-state index is 5.70. The van der Waals surface area contributed by atoms with Crippen molar-refractivity contribution >= 4 is 11.7 Å². The summed E-state index contributed by atoms with van der Waals surface area (Å²) in [6, 6.07) is 0.307. The van der Waals surface area contributed by atoms with Gasteiger partial charge >= 0.3 is 0 Å². The van der Waals surface area contributed by atoms with Crippen molar-refractivity contribution in [2.45, 2.75) is 63.8 Å². The lowest BCUT2D eigenvalue weighted by Gasteiger charge is -2.21. The molecule has 0 radical (unpaired) electrons. The van der Waals surface area contributed by atoms with Gasteiger partial charge in [0.05, 0.1) is 12.6 Å². The molecule has 2 saturated carbocycles. The molecule has 4 rings (SSSR count). The highest BCUT2D eigenvalue weighted by Crippen LogP contribution is 2.29. The molecule has 1 aromatic rings. The first-order chi connectivity index (χ1) is 12.4. The number of anilines is 1. The predicted molar refractivity (Wildman–Crippen MR) is 96.7 cm³/mol. The molecule has 1 saturated heterocycles. The van der Waals surface area contributed by atoms with Crippen molar-refractivity contribution in [3.05, 3.63) is 18.1 Å². The molecule has 2 aliphatic carbocycles. The first-order valence-electron chi connectivity index (χ1n) is 9.84. The normalized spacial score (nSPS) is 22.4. The lowest BCUT2D eigenvalue weighted by Crippen LogP contribution is -2.25. The third kappa shape index (κ3) is 4.48. The van der Waals surface area contributed by atoms with Gasteiger partial charge in [-0.1, -0.05) is 19.3 Å². The number of hydrogen-bond donors (Lipinski definition) is 0. The average molecular weight is 344 g/mol. The van der Waals surface area contributed by atoms with Crippen molar-refractivity contribution in [1.82, 2.24) is 9.97 Å². The van der Waals surface area contributed by atoms with E-state index in [-0.39, 0.29) is 0 Å². The molecule has 0 unspecified atom stereocenters. The zero-order chi connectivity index (χ0) is 16.9. The quantitative estimate of drug-likeness (QED) is 0.342. The third-order valence-corrected chi connectivity index (χ3v) is 5.30. The summed E-state index contributed by atoms with van der Waals surface area (Å²) in [6.45, 7) is 2.68. The van der Waals surface area contributed by atoms with Gasteiger partial charge in [0.2, 0.25) is 0 Å². The summed E-state index contributed by atoms with van der Waals surface area (Å²) in [7, 11) is 0. The van der Waals surface area contributed by atoms with Crippen molar-refractivity contribution in [2.24, 2.45) is 10.9 Å². The zero-order valence-corrected chi connectivity index (χ0v) is 14.9. The standard InChI is InChI=1S/C19H28N4O2/c1-2-6-16(7-3-1)22-19(25-24-14-15-8-9-15)17-18(21-11-10-20-17)23-12-4-5-13-23/h10-11,15-16H,1-9,12-14H2. The van der Waals surface area contributed by atoms with E-state index in [1.807, 2.05) is 0 Å². The SMILES string of the molecule is c1cnc(N2CCCC2)c(C(=NC2CCCCC2)OOCC2CC2)n1. The summed E-state index contributed by atoms with van der Waals surface area (Å²) < 4.78 is 0. The van der Waals surface area contributed by atoms with Crippen LogP contribution in [-0.4, -0.2) is 41.6 Å². The Kier molecular flexibility index (Phi) is 5.45. The van der Waals surface area contributed by atoms with Crippen LogP contribution in [0.4, 0.5) is 5.82 Å². The number of hydrogen-bond acceptors (Lipinski definition) is 6. The molecule has 6 nitrogen and oxygen atoms in total. The van der Waals surface area contributed by atoms with E-state index in [4.69, 9.17) is 14.8 Å². The number of aliphatic imine (C=N–C) groups is 1. The molecule has 6 heteroatoms. The Bertz CT molecular complexity index is 591. The molecular weight excluding hydrogens is 316 g/mol. The summed E-state index contributed by atoms with van der Waals surface area (Å²) >= 11 is 0. The third-order valence-electron chi connectivity index (χ3n) is 5.30. The van der Waals surface area contributed by atoms with Crippen LogP contribution in [0.1, 0.15) is 63.5 Å². The molecule has 3 fully saturated rings. The Morgan fingerprint density at radius 2 is 1.76 bits per heavy atom. The van der Waals surface area contributed by atoms with Crippen LogP contribution in [0.3, 0.4) is 0 Å². The van der Waals surface area contributed by atoms with Gasteiger partial charge in [-0.15, -0.1) is 0 Å². The van der Waals surface area contributed by atoms with Gasteiger partial charge in [-0.3, -0.25) is 0 Å². The van der Waals surface area contributed by atoms with E-state index < -0.39 is 0 Å². The van der Waals surface area contributed by atoms with Gasteiger partial charge in [-0.05, 0) is 44.4 Å². The van der Waals surface area contributed by atoms with Crippen LogP contribution in [0.25, 0.3) is 0 Å². The molecule has 2 heterocycles. The van der Waals surface area contributed by atoms with Gasteiger partial charge in [0, 0.05) is 25.5 Å². The largest absolute Gasteiger partial charge is 0.355 e. The molecule has 1 aliphatic heterocycles. The summed E-state index contributed by atoms with van der Waals surface area (Å²) in [5, 5.41) is 0. The highest BCUT2D eigenvalue weighted by atomic mass is 17.2. The van der Waals surface area contributed by atoms with Crippen LogP contribution < -0.4 is 4.90 Å². The Hall–Kier alpha value is -1.69. The van der Waals surface area contributed by atoms with Crippen LogP contribution in [0.15, 0.2) is 17.4 Å². The monoisotopic (exact) mass is 344 g/mol. The fourth-order valence-electron chi connectivity index (χ4n) is 3.61. The minimum atomic E-state index is 0.307. The van der Waals surface area contributed by atoms with Gasteiger partial charge in [0.15, 0.2) is 11.5 Å². The predicted octanol–water partition coefficient (Wildman–Crippen LogP) is 3.51. The van der Waals surface area contributed by atoms with Crippen LogP contribution in [0, 0.1) is 5.92 Å². The van der Waals surface area contributed by atoms with Crippen molar-refractivity contribution in [3.63, 3.8) is 0 Å². The molecule has 136 valence electrons. The van der Waals surface area contributed by atoms with E-state index in [1.165, 1.54) is 44.9 Å². The van der Waals surface area contributed by atoms with Crippen molar-refractivity contribution < 1.29 is 9.78 Å². The average Bonchev–Trinajstić information content (AvgIpc) is 3.32. The highest BCUT2D eigenvalue weighted by Gasteiger charge is 2.26. The van der Waals surface area contributed by atoms with Gasteiger partial charge in [0.25, 0.3) is 5.90 Å². The fraction of sp³-hybridized carbons (Fsp3) is 0.737. The maximum absolute atomic E-state index is 5.70. The first kappa shape index (κ1) is 16.8. The molecule has 0 atom stereocenters. The Morgan fingerprint density at radius 3 is 2.52 bits per heavy atom. The van der Waals surface area contributed by atoms with Gasteiger partial charge in [0.1, 0.15) is 0 Å². The molecule has 0 aromatic carbocycles. The first-order valence-corrected chi connectivity index (χ1v) is 9.84. The molecule has 0 bridgehead atoms. The van der Waals surface area contributed by atoms with E-state index in [0.29, 0.717) is 24.5 Å². The Balaban J connectivity index is 1.56. The molecule has 3 aliphatic rings. The number of rotatable bonds is 6. The van der Waals surface area contributed by atoms with E-state index in [2.05, 4.69) is 14.9 Å². The molecule has 1 aromatic heterocycles. The van der Waals surface area contributed by atoms with Gasteiger partial charge in [-0.25, -0.2) is 15.0 Å². The van der Waals surface area contributed by atoms with Gasteiger partial charge in [-0.2, -0.15) is 4.89 Å². The van der Waals surface area contributed by atoms with Crippen LogP contribution in [-0.2, 0) is 9.78 Å². The minimum absolute atomic E-state index is 0.307. The summed E-state index contributed by atoms with van der Waals surface area (Å²) in [5.41, 5.74) is 0.728. The second kappa shape index (κ2) is 8.13. The second-order valence-electron chi connectivity index (χ2n) is 7.46. The van der Waals surface area contributed by atoms with E-state index in [1.54, 1.807) is 12.4 Å². The Morgan fingerprint density at radius 1 is 1.00 bits per heavy atom. The van der Waals surface area contributed by atoms with Crippen LogP contribution in [0.2, 0.25) is 0 Å². The maximum Gasteiger partial charge on any atom is 0.281 e.